The van der Waals surface area contributed by atoms with Crippen LogP contribution in [0.15, 0.2) is 4.47 Å². The van der Waals surface area contributed by atoms with Gasteiger partial charge in [0.05, 0.1) is 15.9 Å². The van der Waals surface area contributed by atoms with Gasteiger partial charge in [-0.2, -0.15) is 5.10 Å². The molecule has 0 spiro atoms. The number of aromatic nitrogens is 2. The van der Waals surface area contributed by atoms with Gasteiger partial charge in [0.1, 0.15) is 0 Å². The molecule has 0 amide bonds. The normalized spacial score (nSPS) is 13.3. The highest BCUT2D eigenvalue weighted by atomic mass is 79.9. The van der Waals surface area contributed by atoms with E-state index in [0.717, 1.165) is 24.6 Å². The average Bonchev–Trinajstić information content (AvgIpc) is 2.57. The molecule has 4 heteroatoms. The van der Waals surface area contributed by atoms with Crippen molar-refractivity contribution >= 4 is 15.9 Å². The Balaban J connectivity index is 2.88. The SMILES string of the molecule is CCNC(Cc1c(Br)c(C)nn1C)C(CC)CC. The molecule has 0 fully saturated rings. The van der Waals surface area contributed by atoms with Crippen molar-refractivity contribution in [3.63, 3.8) is 0 Å². The Morgan fingerprint density at radius 3 is 2.28 bits per heavy atom. The first-order chi connectivity index (χ1) is 8.54. The number of nitrogens with one attached hydrogen (secondary N) is 1. The first-order valence-electron chi connectivity index (χ1n) is 6.96. The van der Waals surface area contributed by atoms with Crippen LogP contribution in [0.1, 0.15) is 45.0 Å². The van der Waals surface area contributed by atoms with Gasteiger partial charge in [0.2, 0.25) is 0 Å². The molecular weight excluding hydrogens is 290 g/mol. The summed E-state index contributed by atoms with van der Waals surface area (Å²) in [6.07, 6.45) is 3.49. The van der Waals surface area contributed by atoms with Gasteiger partial charge in [0, 0.05) is 19.5 Å². The van der Waals surface area contributed by atoms with Gasteiger partial charge < -0.3 is 5.32 Å². The van der Waals surface area contributed by atoms with Crippen LogP contribution in [0.5, 0.6) is 0 Å². The van der Waals surface area contributed by atoms with Crippen molar-refractivity contribution in [3.8, 4) is 0 Å². The smallest absolute Gasteiger partial charge is 0.0738 e. The summed E-state index contributed by atoms with van der Waals surface area (Å²) in [6, 6.07) is 0.538. The van der Waals surface area contributed by atoms with Crippen LogP contribution in [-0.4, -0.2) is 22.4 Å². The summed E-state index contributed by atoms with van der Waals surface area (Å²) in [6.45, 7) is 9.81. The number of aryl methyl sites for hydroxylation is 2. The van der Waals surface area contributed by atoms with E-state index in [1.807, 2.05) is 18.7 Å². The van der Waals surface area contributed by atoms with Gasteiger partial charge >= 0.3 is 0 Å². The van der Waals surface area contributed by atoms with E-state index < -0.39 is 0 Å². The molecule has 1 aromatic heterocycles. The second-order valence-corrected chi connectivity index (χ2v) is 5.71. The lowest BCUT2D eigenvalue weighted by molar-refractivity contribution is 0.331. The summed E-state index contributed by atoms with van der Waals surface area (Å²) in [5.41, 5.74) is 2.37. The summed E-state index contributed by atoms with van der Waals surface area (Å²) in [4.78, 5) is 0. The van der Waals surface area contributed by atoms with Crippen molar-refractivity contribution < 1.29 is 0 Å². The van der Waals surface area contributed by atoms with E-state index in [9.17, 15) is 0 Å². The predicted molar refractivity (Wildman–Crippen MR) is 80.9 cm³/mol. The molecular formula is C14H26BrN3. The number of hydrogen-bond acceptors (Lipinski definition) is 2. The average molecular weight is 316 g/mol. The van der Waals surface area contributed by atoms with Crippen molar-refractivity contribution in [1.82, 2.24) is 15.1 Å². The molecule has 0 aromatic carbocycles. The molecule has 0 aliphatic rings. The van der Waals surface area contributed by atoms with Crippen molar-refractivity contribution in [1.29, 1.82) is 0 Å². The molecule has 0 aliphatic heterocycles. The van der Waals surface area contributed by atoms with Crippen molar-refractivity contribution in [3.05, 3.63) is 15.9 Å². The molecule has 18 heavy (non-hydrogen) atoms. The van der Waals surface area contributed by atoms with Crippen LogP contribution in [0.25, 0.3) is 0 Å². The van der Waals surface area contributed by atoms with Crippen LogP contribution in [0, 0.1) is 12.8 Å². The molecule has 3 nitrogen and oxygen atoms in total. The Hall–Kier alpha value is -0.350. The number of likely N-dealkylation sites (N-methyl/N-ethyl adjacent to an activating group) is 1. The van der Waals surface area contributed by atoms with Gasteiger partial charge in [-0.15, -0.1) is 0 Å². The third-order valence-corrected chi connectivity index (χ3v) is 4.79. The highest BCUT2D eigenvalue weighted by molar-refractivity contribution is 9.10. The Bertz CT molecular complexity index is 369. The van der Waals surface area contributed by atoms with Crippen LogP contribution in [-0.2, 0) is 13.5 Å². The quantitative estimate of drug-likeness (QED) is 0.835. The van der Waals surface area contributed by atoms with E-state index in [1.54, 1.807) is 0 Å². The minimum absolute atomic E-state index is 0.538. The predicted octanol–water partition coefficient (Wildman–Crippen LogP) is 3.45. The number of hydrogen-bond donors (Lipinski definition) is 1. The van der Waals surface area contributed by atoms with Gasteiger partial charge in [-0.25, -0.2) is 0 Å². The fraction of sp³-hybridized carbons (Fsp3) is 0.786. The van der Waals surface area contributed by atoms with Crippen LogP contribution >= 0.6 is 15.9 Å². The maximum Gasteiger partial charge on any atom is 0.0738 e. The zero-order valence-electron chi connectivity index (χ0n) is 12.3. The monoisotopic (exact) mass is 315 g/mol. The zero-order valence-corrected chi connectivity index (χ0v) is 13.8. The van der Waals surface area contributed by atoms with Crippen LogP contribution in [0.2, 0.25) is 0 Å². The second kappa shape index (κ2) is 7.29. The summed E-state index contributed by atoms with van der Waals surface area (Å²) < 4.78 is 3.17. The van der Waals surface area contributed by atoms with E-state index in [4.69, 9.17) is 0 Å². The van der Waals surface area contributed by atoms with Crippen LogP contribution in [0.3, 0.4) is 0 Å². The third-order valence-electron chi connectivity index (χ3n) is 3.76. The molecule has 1 aromatic rings. The van der Waals surface area contributed by atoms with E-state index in [0.29, 0.717) is 6.04 Å². The summed E-state index contributed by atoms with van der Waals surface area (Å²) in [5.74, 6) is 0.729. The molecule has 1 heterocycles. The summed E-state index contributed by atoms with van der Waals surface area (Å²) >= 11 is 3.66. The number of rotatable bonds is 7. The Labute approximate surface area is 119 Å². The molecule has 1 unspecified atom stereocenters. The molecule has 104 valence electrons. The summed E-state index contributed by atoms with van der Waals surface area (Å²) in [7, 11) is 2.03. The van der Waals surface area contributed by atoms with E-state index in [-0.39, 0.29) is 0 Å². The molecule has 0 bridgehead atoms. The molecule has 0 radical (unpaired) electrons. The molecule has 1 rings (SSSR count). The molecule has 0 aliphatic carbocycles. The minimum Gasteiger partial charge on any atom is -0.314 e. The number of halogens is 1. The fourth-order valence-corrected chi connectivity index (χ4v) is 3.13. The van der Waals surface area contributed by atoms with Gasteiger partial charge in [0.25, 0.3) is 0 Å². The fourth-order valence-electron chi connectivity index (χ4n) is 2.64. The Kier molecular flexibility index (Phi) is 6.36. The van der Waals surface area contributed by atoms with Crippen molar-refractivity contribution in [2.45, 2.75) is 53.0 Å². The highest BCUT2D eigenvalue weighted by Crippen LogP contribution is 2.24. The topological polar surface area (TPSA) is 29.9 Å². The lowest BCUT2D eigenvalue weighted by Crippen LogP contribution is -2.38. The summed E-state index contributed by atoms with van der Waals surface area (Å²) in [5, 5.41) is 8.11. The Morgan fingerprint density at radius 2 is 1.89 bits per heavy atom. The van der Waals surface area contributed by atoms with Crippen molar-refractivity contribution in [2.24, 2.45) is 13.0 Å². The van der Waals surface area contributed by atoms with Gasteiger partial charge in [-0.1, -0.05) is 33.6 Å². The third kappa shape index (κ3) is 3.58. The number of nitrogens with zero attached hydrogens (tertiary/aromatic N) is 2. The first-order valence-corrected chi connectivity index (χ1v) is 7.75. The van der Waals surface area contributed by atoms with Crippen LogP contribution < -0.4 is 5.32 Å². The zero-order chi connectivity index (χ0) is 13.7. The maximum atomic E-state index is 4.48. The van der Waals surface area contributed by atoms with Gasteiger partial charge in [-0.05, 0) is 35.3 Å². The standard InChI is InChI=1S/C14H26BrN3/c1-6-11(7-2)12(16-8-3)9-13-14(15)10(4)17-18(13)5/h11-12,16H,6-9H2,1-5H3. The largest absolute Gasteiger partial charge is 0.314 e. The lowest BCUT2D eigenvalue weighted by atomic mass is 9.90. The van der Waals surface area contributed by atoms with E-state index >= 15 is 0 Å². The molecule has 0 saturated carbocycles. The molecule has 1 atom stereocenters. The van der Waals surface area contributed by atoms with E-state index in [1.165, 1.54) is 23.0 Å². The lowest BCUT2D eigenvalue weighted by Gasteiger charge is -2.26. The maximum absolute atomic E-state index is 4.48. The van der Waals surface area contributed by atoms with Crippen molar-refractivity contribution in [2.75, 3.05) is 6.54 Å². The van der Waals surface area contributed by atoms with E-state index in [2.05, 4.69) is 47.1 Å². The first kappa shape index (κ1) is 15.7. The highest BCUT2D eigenvalue weighted by Gasteiger charge is 2.21. The molecule has 0 saturated heterocycles. The van der Waals surface area contributed by atoms with Gasteiger partial charge in [0.15, 0.2) is 0 Å². The second-order valence-electron chi connectivity index (χ2n) is 4.91. The van der Waals surface area contributed by atoms with Gasteiger partial charge in [-0.3, -0.25) is 4.68 Å². The van der Waals surface area contributed by atoms with Crippen LogP contribution in [0.4, 0.5) is 0 Å². The Morgan fingerprint density at radius 1 is 1.28 bits per heavy atom. The minimum atomic E-state index is 0.538. The molecule has 1 N–H and O–H groups in total.